The molecular weight excluding hydrogens is 284 g/mol. The Balaban J connectivity index is 1.98. The van der Waals surface area contributed by atoms with Crippen molar-refractivity contribution in [3.63, 3.8) is 0 Å². The van der Waals surface area contributed by atoms with Gasteiger partial charge in [-0.25, -0.2) is 0 Å². The summed E-state index contributed by atoms with van der Waals surface area (Å²) in [4.78, 5) is 17.2. The third-order valence-electron chi connectivity index (χ3n) is 3.84. The van der Waals surface area contributed by atoms with Crippen LogP contribution in [-0.4, -0.2) is 51.1 Å². The Morgan fingerprint density at radius 1 is 1.48 bits per heavy atom. The van der Waals surface area contributed by atoms with Crippen molar-refractivity contribution in [2.75, 3.05) is 50.9 Å². The summed E-state index contributed by atoms with van der Waals surface area (Å²) in [5.74, 6) is 0.713. The summed E-state index contributed by atoms with van der Waals surface area (Å²) in [5.41, 5.74) is 6.58. The highest BCUT2D eigenvalue weighted by Gasteiger charge is 2.23. The van der Waals surface area contributed by atoms with Crippen molar-refractivity contribution < 1.29 is 4.79 Å². The van der Waals surface area contributed by atoms with Gasteiger partial charge in [0.1, 0.15) is 4.88 Å². The maximum atomic E-state index is 11.9. The van der Waals surface area contributed by atoms with Gasteiger partial charge in [0.15, 0.2) is 0 Å². The highest BCUT2D eigenvalue weighted by atomic mass is 32.1. The number of rotatable bonds is 5. The van der Waals surface area contributed by atoms with Crippen LogP contribution in [0.2, 0.25) is 0 Å². The molecule has 1 saturated heterocycles. The molecule has 1 aliphatic rings. The number of thiophene rings is 1. The summed E-state index contributed by atoms with van der Waals surface area (Å²) in [6, 6.07) is 1.95. The fourth-order valence-electron chi connectivity index (χ4n) is 2.82. The van der Waals surface area contributed by atoms with Gasteiger partial charge in [-0.05, 0) is 45.8 Å². The molecule has 1 aliphatic heterocycles. The van der Waals surface area contributed by atoms with Gasteiger partial charge in [0, 0.05) is 26.2 Å². The van der Waals surface area contributed by atoms with E-state index in [1.807, 2.05) is 13.0 Å². The maximum Gasteiger partial charge on any atom is 0.263 e. The molecule has 118 valence electrons. The van der Waals surface area contributed by atoms with Gasteiger partial charge in [-0.15, -0.1) is 11.3 Å². The van der Waals surface area contributed by atoms with E-state index in [0.29, 0.717) is 17.1 Å². The summed E-state index contributed by atoms with van der Waals surface area (Å²) in [5, 5.41) is 3.94. The Kier molecular flexibility index (Phi) is 5.47. The molecule has 1 aromatic heterocycles. The maximum absolute atomic E-state index is 11.9. The van der Waals surface area contributed by atoms with Gasteiger partial charge in [-0.2, -0.15) is 0 Å². The monoisotopic (exact) mass is 310 g/mol. The molecular formula is C15H26N4OS. The molecule has 2 heterocycles. The quantitative estimate of drug-likeness (QED) is 0.871. The van der Waals surface area contributed by atoms with E-state index in [-0.39, 0.29) is 5.91 Å². The first-order valence-electron chi connectivity index (χ1n) is 7.58. The molecule has 21 heavy (non-hydrogen) atoms. The number of nitrogens with zero attached hydrogens (tertiary/aromatic N) is 2. The first-order valence-corrected chi connectivity index (χ1v) is 8.40. The predicted molar refractivity (Wildman–Crippen MR) is 90.2 cm³/mol. The molecule has 0 aliphatic carbocycles. The van der Waals surface area contributed by atoms with Gasteiger partial charge < -0.3 is 20.9 Å². The standard InChI is InChI=1S/C15H26N4OS/c1-4-17-15(20)14-12(16)9-13(21-14)19-7-5-11(6-8-19)10-18(2)3/h9,11H,4-8,10,16H2,1-3H3,(H,17,20). The molecule has 0 aromatic carbocycles. The summed E-state index contributed by atoms with van der Waals surface area (Å²) < 4.78 is 0. The van der Waals surface area contributed by atoms with E-state index in [9.17, 15) is 4.79 Å². The topological polar surface area (TPSA) is 61.6 Å². The number of nitrogen functional groups attached to an aromatic ring is 1. The summed E-state index contributed by atoms with van der Waals surface area (Å²) in [6.45, 7) is 5.80. The minimum atomic E-state index is -0.0613. The van der Waals surface area contributed by atoms with Gasteiger partial charge in [0.2, 0.25) is 0 Å². The van der Waals surface area contributed by atoms with E-state index in [2.05, 4.69) is 29.2 Å². The number of carbonyl (C=O) groups excluding carboxylic acids is 1. The molecule has 1 aromatic rings. The van der Waals surface area contributed by atoms with Gasteiger partial charge in [0.05, 0.1) is 10.7 Å². The summed E-state index contributed by atoms with van der Waals surface area (Å²) in [7, 11) is 4.26. The third kappa shape index (κ3) is 4.11. The highest BCUT2D eigenvalue weighted by molar-refractivity contribution is 7.18. The second-order valence-corrected chi connectivity index (χ2v) is 6.95. The van der Waals surface area contributed by atoms with Crippen LogP contribution < -0.4 is 16.0 Å². The van der Waals surface area contributed by atoms with Crippen molar-refractivity contribution in [2.24, 2.45) is 5.92 Å². The predicted octanol–water partition coefficient (Wildman–Crippen LogP) is 1.86. The zero-order valence-corrected chi connectivity index (χ0v) is 14.0. The molecule has 5 nitrogen and oxygen atoms in total. The van der Waals surface area contributed by atoms with E-state index in [4.69, 9.17) is 5.73 Å². The van der Waals surface area contributed by atoms with Crippen LogP contribution in [-0.2, 0) is 0 Å². The molecule has 0 unspecified atom stereocenters. The Bertz CT molecular complexity index is 478. The Labute approximate surface area is 131 Å². The lowest BCUT2D eigenvalue weighted by Crippen LogP contribution is -2.36. The van der Waals surface area contributed by atoms with E-state index in [0.717, 1.165) is 30.6 Å². The molecule has 0 radical (unpaired) electrons. The molecule has 6 heteroatoms. The van der Waals surface area contributed by atoms with Crippen LogP contribution in [0.1, 0.15) is 29.4 Å². The Morgan fingerprint density at radius 2 is 2.14 bits per heavy atom. The highest BCUT2D eigenvalue weighted by Crippen LogP contribution is 2.34. The number of hydrogen-bond acceptors (Lipinski definition) is 5. The number of anilines is 2. The van der Waals surface area contributed by atoms with E-state index in [1.165, 1.54) is 24.2 Å². The van der Waals surface area contributed by atoms with E-state index < -0.39 is 0 Å². The van der Waals surface area contributed by atoms with Crippen molar-refractivity contribution in [3.05, 3.63) is 10.9 Å². The van der Waals surface area contributed by atoms with Crippen molar-refractivity contribution in [2.45, 2.75) is 19.8 Å². The number of carbonyl (C=O) groups is 1. The van der Waals surface area contributed by atoms with Crippen LogP contribution in [0.25, 0.3) is 0 Å². The van der Waals surface area contributed by atoms with Gasteiger partial charge >= 0.3 is 0 Å². The van der Waals surface area contributed by atoms with Crippen LogP contribution in [0.5, 0.6) is 0 Å². The SMILES string of the molecule is CCNC(=O)c1sc(N2CCC(CN(C)C)CC2)cc1N. The fraction of sp³-hybridized carbons (Fsp3) is 0.667. The summed E-state index contributed by atoms with van der Waals surface area (Å²) >= 11 is 1.51. The first-order chi connectivity index (χ1) is 10.0. The van der Waals surface area contributed by atoms with Crippen LogP contribution in [0.15, 0.2) is 6.07 Å². The van der Waals surface area contributed by atoms with Crippen molar-refractivity contribution in [1.29, 1.82) is 0 Å². The second kappa shape index (κ2) is 7.13. The smallest absolute Gasteiger partial charge is 0.263 e. The molecule has 0 spiro atoms. The molecule has 1 amide bonds. The number of amides is 1. The van der Waals surface area contributed by atoms with Gasteiger partial charge in [-0.1, -0.05) is 0 Å². The fourth-order valence-corrected chi connectivity index (χ4v) is 3.87. The van der Waals surface area contributed by atoms with Crippen LogP contribution >= 0.6 is 11.3 Å². The number of hydrogen-bond donors (Lipinski definition) is 2. The van der Waals surface area contributed by atoms with Crippen LogP contribution in [0.4, 0.5) is 10.7 Å². The average molecular weight is 310 g/mol. The minimum Gasteiger partial charge on any atom is -0.397 e. The summed E-state index contributed by atoms with van der Waals surface area (Å²) in [6.07, 6.45) is 2.40. The largest absolute Gasteiger partial charge is 0.397 e. The second-order valence-electron chi connectivity index (χ2n) is 5.92. The molecule has 2 rings (SSSR count). The number of nitrogens with one attached hydrogen (secondary N) is 1. The van der Waals surface area contributed by atoms with Crippen molar-refractivity contribution in [1.82, 2.24) is 10.2 Å². The average Bonchev–Trinajstić information content (AvgIpc) is 2.81. The van der Waals surface area contributed by atoms with Crippen molar-refractivity contribution in [3.8, 4) is 0 Å². The van der Waals surface area contributed by atoms with E-state index >= 15 is 0 Å². The van der Waals surface area contributed by atoms with Crippen LogP contribution in [0.3, 0.4) is 0 Å². The lowest BCUT2D eigenvalue weighted by molar-refractivity contribution is 0.0960. The van der Waals surface area contributed by atoms with Gasteiger partial charge in [0.25, 0.3) is 5.91 Å². The first kappa shape index (κ1) is 16.1. The zero-order chi connectivity index (χ0) is 15.4. The molecule has 3 N–H and O–H groups in total. The minimum absolute atomic E-state index is 0.0613. The van der Waals surface area contributed by atoms with Gasteiger partial charge in [-0.3, -0.25) is 4.79 Å². The normalized spacial score (nSPS) is 16.5. The Morgan fingerprint density at radius 3 is 2.71 bits per heavy atom. The lowest BCUT2D eigenvalue weighted by atomic mass is 9.96. The Hall–Kier alpha value is -1.27. The molecule has 0 atom stereocenters. The molecule has 0 bridgehead atoms. The number of nitrogens with two attached hydrogens (primary N) is 1. The zero-order valence-electron chi connectivity index (χ0n) is 13.2. The third-order valence-corrected chi connectivity index (χ3v) is 5.05. The lowest BCUT2D eigenvalue weighted by Gasteiger charge is -2.33. The van der Waals surface area contributed by atoms with Crippen molar-refractivity contribution >= 4 is 27.9 Å². The van der Waals surface area contributed by atoms with Crippen LogP contribution in [0, 0.1) is 5.92 Å². The molecule has 0 saturated carbocycles. The number of piperidine rings is 1. The van der Waals surface area contributed by atoms with E-state index in [1.54, 1.807) is 0 Å². The molecule has 1 fully saturated rings.